The first-order chi connectivity index (χ1) is 9.58. The SMILES string of the molecule is O=C1CC[C@@H]2C(=O)N(CC(=O)N3CCCC3)C(=O)[C@@H]2C1. The fourth-order valence-corrected chi connectivity index (χ4v) is 3.43. The van der Waals surface area contributed by atoms with Crippen molar-refractivity contribution >= 4 is 23.5 Å². The number of nitrogens with zero attached hydrogens (tertiary/aromatic N) is 2. The topological polar surface area (TPSA) is 74.8 Å². The van der Waals surface area contributed by atoms with Gasteiger partial charge in [-0.05, 0) is 19.3 Å². The van der Waals surface area contributed by atoms with Crippen molar-refractivity contribution in [3.8, 4) is 0 Å². The Morgan fingerprint density at radius 2 is 1.70 bits per heavy atom. The predicted octanol–water partition coefficient (Wildman–Crippen LogP) is -0.0370. The molecular weight excluding hydrogens is 260 g/mol. The third-order valence-corrected chi connectivity index (χ3v) is 4.59. The fourth-order valence-electron chi connectivity index (χ4n) is 3.43. The van der Waals surface area contributed by atoms with Gasteiger partial charge in [0.1, 0.15) is 12.3 Å². The molecule has 3 aliphatic rings. The van der Waals surface area contributed by atoms with Gasteiger partial charge in [-0.25, -0.2) is 0 Å². The first-order valence-corrected chi connectivity index (χ1v) is 7.22. The lowest BCUT2D eigenvalue weighted by atomic mass is 9.80. The van der Waals surface area contributed by atoms with Crippen LogP contribution in [0.1, 0.15) is 32.1 Å². The minimum absolute atomic E-state index is 0.0418. The third-order valence-electron chi connectivity index (χ3n) is 4.59. The van der Waals surface area contributed by atoms with Crippen LogP contribution in [-0.2, 0) is 19.2 Å². The van der Waals surface area contributed by atoms with Gasteiger partial charge in [-0.1, -0.05) is 0 Å². The molecule has 0 aromatic carbocycles. The smallest absolute Gasteiger partial charge is 0.242 e. The van der Waals surface area contributed by atoms with Crippen LogP contribution in [0.2, 0.25) is 0 Å². The lowest BCUT2D eigenvalue weighted by Gasteiger charge is -2.19. The van der Waals surface area contributed by atoms with Gasteiger partial charge < -0.3 is 4.90 Å². The van der Waals surface area contributed by atoms with E-state index < -0.39 is 5.92 Å². The highest BCUT2D eigenvalue weighted by Crippen LogP contribution is 2.36. The molecule has 3 rings (SSSR count). The molecule has 0 bridgehead atoms. The highest BCUT2D eigenvalue weighted by atomic mass is 16.2. The second-order valence-electron chi connectivity index (χ2n) is 5.84. The van der Waals surface area contributed by atoms with Crippen LogP contribution in [0.4, 0.5) is 0 Å². The van der Waals surface area contributed by atoms with Gasteiger partial charge in [0.25, 0.3) is 0 Å². The average molecular weight is 278 g/mol. The van der Waals surface area contributed by atoms with Gasteiger partial charge >= 0.3 is 0 Å². The van der Waals surface area contributed by atoms with E-state index in [4.69, 9.17) is 0 Å². The number of carbonyl (C=O) groups is 4. The molecule has 20 heavy (non-hydrogen) atoms. The largest absolute Gasteiger partial charge is 0.341 e. The molecule has 6 nitrogen and oxygen atoms in total. The molecule has 6 heteroatoms. The van der Waals surface area contributed by atoms with Gasteiger partial charge in [0.15, 0.2) is 0 Å². The van der Waals surface area contributed by atoms with E-state index in [1.807, 2.05) is 0 Å². The maximum atomic E-state index is 12.2. The third kappa shape index (κ3) is 2.13. The molecule has 0 spiro atoms. The summed E-state index contributed by atoms with van der Waals surface area (Å²) in [7, 11) is 0. The van der Waals surface area contributed by atoms with E-state index in [1.165, 1.54) is 0 Å². The molecule has 0 aromatic rings. The Balaban J connectivity index is 1.70. The van der Waals surface area contributed by atoms with Gasteiger partial charge in [-0.2, -0.15) is 0 Å². The molecule has 2 atom stereocenters. The molecule has 2 aliphatic heterocycles. The number of likely N-dealkylation sites (tertiary alicyclic amines) is 2. The number of rotatable bonds is 2. The molecule has 2 heterocycles. The van der Waals surface area contributed by atoms with Crippen molar-refractivity contribution in [2.75, 3.05) is 19.6 Å². The summed E-state index contributed by atoms with van der Waals surface area (Å²) in [6.07, 6.45) is 2.93. The van der Waals surface area contributed by atoms with Crippen molar-refractivity contribution in [1.82, 2.24) is 9.80 Å². The van der Waals surface area contributed by atoms with E-state index in [-0.39, 0.29) is 42.4 Å². The number of hydrogen-bond donors (Lipinski definition) is 0. The lowest BCUT2D eigenvalue weighted by Crippen LogP contribution is -2.42. The van der Waals surface area contributed by atoms with E-state index >= 15 is 0 Å². The second kappa shape index (κ2) is 5.00. The van der Waals surface area contributed by atoms with Crippen molar-refractivity contribution in [2.24, 2.45) is 11.8 Å². The van der Waals surface area contributed by atoms with Crippen LogP contribution in [0.25, 0.3) is 0 Å². The van der Waals surface area contributed by atoms with E-state index in [2.05, 4.69) is 0 Å². The first-order valence-electron chi connectivity index (χ1n) is 7.22. The van der Waals surface area contributed by atoms with Crippen molar-refractivity contribution in [3.63, 3.8) is 0 Å². The average Bonchev–Trinajstić information content (AvgIpc) is 3.03. The Morgan fingerprint density at radius 3 is 2.40 bits per heavy atom. The second-order valence-corrected chi connectivity index (χ2v) is 5.84. The van der Waals surface area contributed by atoms with Crippen LogP contribution in [0.3, 0.4) is 0 Å². The first kappa shape index (κ1) is 13.3. The number of carbonyl (C=O) groups excluding carboxylic acids is 4. The maximum absolute atomic E-state index is 12.2. The van der Waals surface area contributed by atoms with Crippen molar-refractivity contribution in [1.29, 1.82) is 0 Å². The van der Waals surface area contributed by atoms with Crippen LogP contribution in [0, 0.1) is 11.8 Å². The minimum Gasteiger partial charge on any atom is -0.341 e. The molecule has 2 saturated heterocycles. The normalized spacial score (nSPS) is 30.1. The molecule has 0 radical (unpaired) electrons. The van der Waals surface area contributed by atoms with Gasteiger partial charge in [-0.15, -0.1) is 0 Å². The fraction of sp³-hybridized carbons (Fsp3) is 0.714. The predicted molar refractivity (Wildman–Crippen MR) is 68.4 cm³/mol. The molecule has 1 aliphatic carbocycles. The summed E-state index contributed by atoms with van der Waals surface area (Å²) >= 11 is 0. The molecule has 0 unspecified atom stereocenters. The van der Waals surface area contributed by atoms with E-state index in [0.29, 0.717) is 25.9 Å². The zero-order valence-electron chi connectivity index (χ0n) is 11.3. The van der Waals surface area contributed by atoms with Gasteiger partial charge in [0, 0.05) is 25.9 Å². The molecule has 0 N–H and O–H groups in total. The molecule has 1 saturated carbocycles. The maximum Gasteiger partial charge on any atom is 0.242 e. The quantitative estimate of drug-likeness (QED) is 0.664. The van der Waals surface area contributed by atoms with Crippen molar-refractivity contribution in [3.05, 3.63) is 0 Å². The number of Topliss-reactive ketones (excluding diaryl/α,β-unsaturated/α-hetero) is 1. The Kier molecular flexibility index (Phi) is 3.31. The molecule has 108 valence electrons. The van der Waals surface area contributed by atoms with E-state index in [1.54, 1.807) is 4.90 Å². The number of ketones is 1. The zero-order valence-corrected chi connectivity index (χ0v) is 11.3. The van der Waals surface area contributed by atoms with Crippen LogP contribution in [0.15, 0.2) is 0 Å². The number of amides is 3. The molecular formula is C14H18N2O4. The number of fused-ring (bicyclic) bond motifs is 1. The highest BCUT2D eigenvalue weighted by molar-refractivity contribution is 6.09. The Hall–Kier alpha value is -1.72. The van der Waals surface area contributed by atoms with Gasteiger partial charge in [0.2, 0.25) is 17.7 Å². The Labute approximate surface area is 117 Å². The summed E-state index contributed by atoms with van der Waals surface area (Å²) in [6.45, 7) is 1.26. The Bertz CT molecular complexity index is 482. The van der Waals surface area contributed by atoms with Crippen LogP contribution >= 0.6 is 0 Å². The molecule has 3 amide bonds. The summed E-state index contributed by atoms with van der Waals surface area (Å²) < 4.78 is 0. The van der Waals surface area contributed by atoms with Gasteiger partial charge in [0.05, 0.1) is 11.8 Å². The van der Waals surface area contributed by atoms with Crippen LogP contribution in [0.5, 0.6) is 0 Å². The van der Waals surface area contributed by atoms with Crippen LogP contribution in [-0.4, -0.2) is 52.9 Å². The summed E-state index contributed by atoms with van der Waals surface area (Å²) in [4.78, 5) is 50.8. The summed E-state index contributed by atoms with van der Waals surface area (Å²) in [5, 5.41) is 0. The molecule has 0 aromatic heterocycles. The lowest BCUT2D eigenvalue weighted by molar-refractivity contribution is -0.146. The monoisotopic (exact) mass is 278 g/mol. The van der Waals surface area contributed by atoms with E-state index in [9.17, 15) is 19.2 Å². The van der Waals surface area contributed by atoms with Crippen LogP contribution < -0.4 is 0 Å². The van der Waals surface area contributed by atoms with E-state index in [0.717, 1.165) is 17.7 Å². The van der Waals surface area contributed by atoms with Crippen molar-refractivity contribution < 1.29 is 19.2 Å². The number of hydrogen-bond acceptors (Lipinski definition) is 4. The summed E-state index contributed by atoms with van der Waals surface area (Å²) in [6, 6.07) is 0. The highest BCUT2D eigenvalue weighted by Gasteiger charge is 2.50. The minimum atomic E-state index is -0.518. The standard InChI is InChI=1S/C14H18N2O4/c17-9-3-4-10-11(7-9)14(20)16(13(10)19)8-12(18)15-5-1-2-6-15/h10-11H,1-8H2/t10-,11+/m0/s1. The number of imide groups is 1. The van der Waals surface area contributed by atoms with Crippen molar-refractivity contribution in [2.45, 2.75) is 32.1 Å². The Morgan fingerprint density at radius 1 is 1.05 bits per heavy atom. The van der Waals surface area contributed by atoms with Gasteiger partial charge in [-0.3, -0.25) is 24.1 Å². The molecule has 3 fully saturated rings. The summed E-state index contributed by atoms with van der Waals surface area (Å²) in [5.74, 6) is -1.61. The summed E-state index contributed by atoms with van der Waals surface area (Å²) in [5.41, 5.74) is 0. The zero-order chi connectivity index (χ0) is 14.3.